The second-order valence-electron chi connectivity index (χ2n) is 9.92. The van der Waals surface area contributed by atoms with Crippen LogP contribution in [0.25, 0.3) is 11.3 Å². The maximum Gasteiger partial charge on any atom is 0.171 e. The predicted molar refractivity (Wildman–Crippen MR) is 154 cm³/mol. The maximum absolute atomic E-state index is 16.1. The smallest absolute Gasteiger partial charge is 0.171 e. The third kappa shape index (κ3) is 6.39. The van der Waals surface area contributed by atoms with Gasteiger partial charge in [-0.1, -0.05) is 38.1 Å². The van der Waals surface area contributed by atoms with E-state index in [4.69, 9.17) is 25.6 Å². The highest BCUT2D eigenvalue weighted by Gasteiger charge is 2.26. The van der Waals surface area contributed by atoms with Gasteiger partial charge < -0.3 is 25.5 Å². The molecule has 0 saturated carbocycles. The zero-order valence-corrected chi connectivity index (χ0v) is 23.0. The summed E-state index contributed by atoms with van der Waals surface area (Å²) in [6, 6.07) is 17.8. The van der Waals surface area contributed by atoms with Gasteiger partial charge in [0, 0.05) is 28.4 Å². The van der Waals surface area contributed by atoms with Crippen molar-refractivity contribution in [2.24, 2.45) is 5.73 Å². The highest BCUT2D eigenvalue weighted by molar-refractivity contribution is 5.95. The SMILES string of the molecule is CCOc1cc(OC(C)C)c(F)c(C(Nc2ccc(C(=N)N)cc2)c2ncc(-c3ccccc3C(C)C)[nH]2)c1. The van der Waals surface area contributed by atoms with Crippen molar-refractivity contribution < 1.29 is 13.9 Å². The number of hydrogen-bond donors (Lipinski definition) is 4. The van der Waals surface area contributed by atoms with E-state index < -0.39 is 11.9 Å². The Morgan fingerprint density at radius 1 is 1.05 bits per heavy atom. The number of imidazole rings is 1. The number of benzene rings is 3. The molecule has 0 saturated heterocycles. The molecule has 8 heteroatoms. The minimum atomic E-state index is -0.706. The summed E-state index contributed by atoms with van der Waals surface area (Å²) in [4.78, 5) is 8.13. The van der Waals surface area contributed by atoms with Crippen molar-refractivity contribution in [2.45, 2.75) is 52.7 Å². The van der Waals surface area contributed by atoms with E-state index >= 15 is 4.39 Å². The van der Waals surface area contributed by atoms with Gasteiger partial charge >= 0.3 is 0 Å². The third-order valence-corrected chi connectivity index (χ3v) is 6.27. The van der Waals surface area contributed by atoms with Crippen LogP contribution in [0, 0.1) is 11.2 Å². The highest BCUT2D eigenvalue weighted by atomic mass is 19.1. The number of aromatic nitrogens is 2. The molecule has 0 aliphatic rings. The molecule has 1 atom stereocenters. The number of nitrogens with two attached hydrogens (primary N) is 1. The van der Waals surface area contributed by atoms with Crippen molar-refractivity contribution in [1.29, 1.82) is 5.41 Å². The van der Waals surface area contributed by atoms with Gasteiger partial charge in [-0.2, -0.15) is 0 Å². The van der Waals surface area contributed by atoms with Gasteiger partial charge in [-0.25, -0.2) is 9.37 Å². The number of aromatic amines is 1. The molecule has 39 heavy (non-hydrogen) atoms. The van der Waals surface area contributed by atoms with Crippen molar-refractivity contribution in [3.63, 3.8) is 0 Å². The lowest BCUT2D eigenvalue weighted by Crippen LogP contribution is -2.18. The fourth-order valence-corrected chi connectivity index (χ4v) is 4.46. The number of rotatable bonds is 11. The van der Waals surface area contributed by atoms with Crippen molar-refractivity contribution >= 4 is 11.5 Å². The second-order valence-corrected chi connectivity index (χ2v) is 9.92. The molecule has 5 N–H and O–H groups in total. The molecule has 204 valence electrons. The predicted octanol–water partition coefficient (Wildman–Crippen LogP) is 7.01. The second kappa shape index (κ2) is 12.0. The minimum absolute atomic E-state index is 0.0245. The Hall–Kier alpha value is -4.33. The zero-order valence-electron chi connectivity index (χ0n) is 23.0. The number of anilines is 1. The summed E-state index contributed by atoms with van der Waals surface area (Å²) in [5, 5.41) is 11.1. The van der Waals surface area contributed by atoms with Crippen LogP contribution in [0.3, 0.4) is 0 Å². The van der Waals surface area contributed by atoms with Gasteiger partial charge in [0.2, 0.25) is 0 Å². The largest absolute Gasteiger partial charge is 0.494 e. The normalized spacial score (nSPS) is 12.0. The Balaban J connectivity index is 1.84. The first-order chi connectivity index (χ1) is 18.7. The molecule has 1 aromatic heterocycles. The summed E-state index contributed by atoms with van der Waals surface area (Å²) in [6.07, 6.45) is 1.55. The summed E-state index contributed by atoms with van der Waals surface area (Å²) in [5.41, 5.74) is 10.3. The molecular weight excluding hydrogens is 493 g/mol. The topological polar surface area (TPSA) is 109 Å². The number of amidine groups is 1. The highest BCUT2D eigenvalue weighted by Crippen LogP contribution is 2.37. The number of nitrogens with one attached hydrogen (secondary N) is 3. The first-order valence-corrected chi connectivity index (χ1v) is 13.2. The number of hydrogen-bond acceptors (Lipinski definition) is 5. The van der Waals surface area contributed by atoms with Crippen LogP contribution in [0.4, 0.5) is 10.1 Å². The van der Waals surface area contributed by atoms with Crippen LogP contribution < -0.4 is 20.5 Å². The average molecular weight is 530 g/mol. The molecular formula is C31H36FN5O2. The summed E-state index contributed by atoms with van der Waals surface area (Å²) >= 11 is 0. The molecule has 0 aliphatic carbocycles. The molecule has 4 rings (SSSR count). The maximum atomic E-state index is 16.1. The Kier molecular flexibility index (Phi) is 8.54. The average Bonchev–Trinajstić information content (AvgIpc) is 3.39. The van der Waals surface area contributed by atoms with E-state index in [1.807, 2.05) is 32.9 Å². The quantitative estimate of drug-likeness (QED) is 0.123. The monoisotopic (exact) mass is 529 g/mol. The van der Waals surface area contributed by atoms with Gasteiger partial charge in [0.25, 0.3) is 0 Å². The molecule has 7 nitrogen and oxygen atoms in total. The van der Waals surface area contributed by atoms with E-state index in [2.05, 4.69) is 36.3 Å². The van der Waals surface area contributed by atoms with Gasteiger partial charge in [-0.3, -0.25) is 5.41 Å². The van der Waals surface area contributed by atoms with Crippen LogP contribution in [-0.2, 0) is 0 Å². The van der Waals surface area contributed by atoms with E-state index in [9.17, 15) is 0 Å². The van der Waals surface area contributed by atoms with Crippen LogP contribution >= 0.6 is 0 Å². The molecule has 0 radical (unpaired) electrons. The minimum Gasteiger partial charge on any atom is -0.494 e. The first-order valence-electron chi connectivity index (χ1n) is 13.2. The molecule has 1 heterocycles. The molecule has 0 bridgehead atoms. The summed E-state index contributed by atoms with van der Waals surface area (Å²) < 4.78 is 27.6. The Morgan fingerprint density at radius 2 is 1.77 bits per heavy atom. The van der Waals surface area contributed by atoms with Crippen LogP contribution in [0.2, 0.25) is 0 Å². The van der Waals surface area contributed by atoms with E-state index in [-0.39, 0.29) is 17.7 Å². The zero-order chi connectivity index (χ0) is 28.1. The fraction of sp³-hybridized carbons (Fsp3) is 0.290. The van der Waals surface area contributed by atoms with Crippen LogP contribution in [0.5, 0.6) is 11.5 Å². The lowest BCUT2D eigenvalue weighted by atomic mass is 9.96. The van der Waals surface area contributed by atoms with Gasteiger partial charge in [-0.15, -0.1) is 0 Å². The van der Waals surface area contributed by atoms with Gasteiger partial charge in [-0.05, 0) is 62.6 Å². The molecule has 0 spiro atoms. The van der Waals surface area contributed by atoms with Crippen LogP contribution in [-0.4, -0.2) is 28.5 Å². The first kappa shape index (κ1) is 27.7. The van der Waals surface area contributed by atoms with E-state index in [1.165, 1.54) is 5.56 Å². The van der Waals surface area contributed by atoms with Crippen molar-refractivity contribution in [2.75, 3.05) is 11.9 Å². The molecule has 1 unspecified atom stereocenters. The Morgan fingerprint density at radius 3 is 2.41 bits per heavy atom. The number of nitrogen functional groups attached to an aromatic ring is 1. The van der Waals surface area contributed by atoms with E-state index in [0.717, 1.165) is 11.3 Å². The molecule has 0 aliphatic heterocycles. The summed E-state index contributed by atoms with van der Waals surface area (Å²) in [5.74, 6) is 0.941. The molecule has 0 amide bonds. The Labute approximate surface area is 229 Å². The van der Waals surface area contributed by atoms with Gasteiger partial charge in [0.1, 0.15) is 23.5 Å². The number of halogens is 1. The van der Waals surface area contributed by atoms with Crippen molar-refractivity contribution in [1.82, 2.24) is 9.97 Å². The summed E-state index contributed by atoms with van der Waals surface area (Å²) in [6.45, 7) is 10.3. The summed E-state index contributed by atoms with van der Waals surface area (Å²) in [7, 11) is 0. The van der Waals surface area contributed by atoms with E-state index in [0.29, 0.717) is 40.9 Å². The van der Waals surface area contributed by atoms with Crippen LogP contribution in [0.15, 0.2) is 66.9 Å². The molecule has 3 aromatic carbocycles. The Bertz CT molecular complexity index is 1430. The lowest BCUT2D eigenvalue weighted by molar-refractivity contribution is 0.228. The van der Waals surface area contributed by atoms with Gasteiger partial charge in [0.15, 0.2) is 11.6 Å². The van der Waals surface area contributed by atoms with E-state index in [1.54, 1.807) is 42.6 Å². The standard InChI is InChI=1S/C31H36FN5O2/c1-6-38-22-15-25(28(32)27(16-22)39-19(4)5)29(36-21-13-11-20(12-14-21)30(33)34)31-35-17-26(37-31)24-10-8-7-9-23(24)18(2)3/h7-19,29,36H,6H2,1-5H3,(H3,33,34)(H,35,37). The number of nitrogens with zero attached hydrogens (tertiary/aromatic N) is 1. The van der Waals surface area contributed by atoms with Crippen LogP contribution in [0.1, 0.15) is 69.1 Å². The van der Waals surface area contributed by atoms with Crippen molar-refractivity contribution in [3.8, 4) is 22.8 Å². The third-order valence-electron chi connectivity index (χ3n) is 6.27. The number of ether oxygens (including phenoxy) is 2. The fourth-order valence-electron chi connectivity index (χ4n) is 4.46. The van der Waals surface area contributed by atoms with Crippen molar-refractivity contribution in [3.05, 3.63) is 95.2 Å². The van der Waals surface area contributed by atoms with Gasteiger partial charge in [0.05, 0.1) is 24.6 Å². The lowest BCUT2D eigenvalue weighted by Gasteiger charge is -2.22. The molecule has 4 aromatic rings. The number of H-pyrrole nitrogens is 1. The molecule has 0 fully saturated rings.